The number of aromatic nitrogens is 2. The standard InChI is InChI=1S/C16H19N5O.2H2/c17-16-12(4-2-8-19-16)15(22)13-5-1-6-14(20-13)21-10-3-7-18-9-11-21;;/h1-2,4-6,8,18H,3,7,9-11H2,(H2,17,19);2*1H. The van der Waals surface area contributed by atoms with Crippen LogP contribution in [0.5, 0.6) is 0 Å². The van der Waals surface area contributed by atoms with E-state index in [1.807, 2.05) is 12.1 Å². The third-order valence-electron chi connectivity index (χ3n) is 3.71. The first-order chi connectivity index (χ1) is 10.8. The van der Waals surface area contributed by atoms with Gasteiger partial charge in [-0.1, -0.05) is 6.07 Å². The lowest BCUT2D eigenvalue weighted by molar-refractivity contribution is 0.103. The molecule has 0 radical (unpaired) electrons. The zero-order chi connectivity index (χ0) is 15.4. The fraction of sp³-hybridized carbons (Fsp3) is 0.312. The second-order valence-electron chi connectivity index (χ2n) is 5.24. The summed E-state index contributed by atoms with van der Waals surface area (Å²) in [7, 11) is 0. The number of hydrogen-bond donors (Lipinski definition) is 2. The van der Waals surface area contributed by atoms with Crippen molar-refractivity contribution in [1.29, 1.82) is 0 Å². The molecule has 1 aliphatic heterocycles. The minimum absolute atomic E-state index is 0. The number of hydrogen-bond acceptors (Lipinski definition) is 6. The van der Waals surface area contributed by atoms with Crippen molar-refractivity contribution in [2.45, 2.75) is 6.42 Å². The maximum atomic E-state index is 12.6. The molecular weight excluding hydrogens is 278 g/mol. The molecule has 0 saturated carbocycles. The van der Waals surface area contributed by atoms with Crippen LogP contribution >= 0.6 is 0 Å². The first kappa shape index (κ1) is 14.5. The number of nitrogens with two attached hydrogens (primary N) is 1. The number of rotatable bonds is 3. The van der Waals surface area contributed by atoms with Crippen molar-refractivity contribution in [2.24, 2.45) is 0 Å². The van der Waals surface area contributed by atoms with Gasteiger partial charge in [0.2, 0.25) is 5.78 Å². The van der Waals surface area contributed by atoms with E-state index in [4.69, 9.17) is 5.73 Å². The maximum absolute atomic E-state index is 12.6. The van der Waals surface area contributed by atoms with Crippen molar-refractivity contribution in [3.63, 3.8) is 0 Å². The molecule has 3 heterocycles. The zero-order valence-electron chi connectivity index (χ0n) is 12.3. The molecule has 2 aromatic rings. The molecule has 0 spiro atoms. The third kappa shape index (κ3) is 3.07. The van der Waals surface area contributed by atoms with Gasteiger partial charge in [-0.05, 0) is 37.2 Å². The lowest BCUT2D eigenvalue weighted by atomic mass is 10.1. The Bertz CT molecular complexity index is 675. The van der Waals surface area contributed by atoms with Crippen molar-refractivity contribution in [1.82, 2.24) is 15.3 Å². The van der Waals surface area contributed by atoms with Gasteiger partial charge in [-0.2, -0.15) is 0 Å². The van der Waals surface area contributed by atoms with Crippen LogP contribution in [-0.2, 0) is 0 Å². The number of carbonyl (C=O) groups is 1. The van der Waals surface area contributed by atoms with Crippen LogP contribution in [0.1, 0.15) is 25.3 Å². The van der Waals surface area contributed by atoms with E-state index in [0.29, 0.717) is 11.3 Å². The first-order valence-electron chi connectivity index (χ1n) is 7.43. The summed E-state index contributed by atoms with van der Waals surface area (Å²) in [6.07, 6.45) is 2.63. The predicted octanol–water partition coefficient (Wildman–Crippen LogP) is 1.58. The minimum atomic E-state index is -0.194. The van der Waals surface area contributed by atoms with E-state index in [9.17, 15) is 4.79 Å². The Hall–Kier alpha value is -2.47. The molecule has 0 amide bonds. The van der Waals surface area contributed by atoms with E-state index in [0.717, 1.165) is 38.4 Å². The molecule has 1 saturated heterocycles. The first-order valence-corrected chi connectivity index (χ1v) is 7.43. The van der Waals surface area contributed by atoms with Gasteiger partial charge in [0.05, 0.1) is 5.56 Å². The molecule has 1 fully saturated rings. The monoisotopic (exact) mass is 301 g/mol. The third-order valence-corrected chi connectivity index (χ3v) is 3.71. The molecule has 22 heavy (non-hydrogen) atoms. The highest BCUT2D eigenvalue weighted by molar-refractivity contribution is 6.10. The average Bonchev–Trinajstić information content (AvgIpc) is 2.84. The fourth-order valence-corrected chi connectivity index (χ4v) is 2.55. The van der Waals surface area contributed by atoms with E-state index in [-0.39, 0.29) is 14.5 Å². The normalized spacial score (nSPS) is 15.4. The van der Waals surface area contributed by atoms with Crippen LogP contribution in [0.2, 0.25) is 0 Å². The second kappa shape index (κ2) is 6.53. The summed E-state index contributed by atoms with van der Waals surface area (Å²) in [6, 6.07) is 8.90. The summed E-state index contributed by atoms with van der Waals surface area (Å²) in [4.78, 5) is 23.2. The number of carbonyl (C=O) groups excluding carboxylic acids is 1. The lowest BCUT2D eigenvalue weighted by Gasteiger charge is -2.21. The Balaban J connectivity index is 0.00000144. The van der Waals surface area contributed by atoms with Crippen molar-refractivity contribution >= 4 is 17.4 Å². The molecule has 1 aliphatic rings. The lowest BCUT2D eigenvalue weighted by Crippen LogP contribution is -2.29. The number of nitrogen functional groups attached to an aromatic ring is 1. The summed E-state index contributed by atoms with van der Waals surface area (Å²) in [6.45, 7) is 3.77. The second-order valence-corrected chi connectivity index (χ2v) is 5.24. The molecule has 0 aliphatic carbocycles. The Kier molecular flexibility index (Phi) is 4.29. The van der Waals surface area contributed by atoms with Gasteiger partial charge >= 0.3 is 0 Å². The summed E-state index contributed by atoms with van der Waals surface area (Å²) in [5.41, 5.74) is 6.57. The van der Waals surface area contributed by atoms with Gasteiger partial charge in [-0.15, -0.1) is 0 Å². The number of nitrogens with zero attached hydrogens (tertiary/aromatic N) is 3. The Morgan fingerprint density at radius 3 is 3.00 bits per heavy atom. The quantitative estimate of drug-likeness (QED) is 0.837. The van der Waals surface area contributed by atoms with Gasteiger partial charge in [0.25, 0.3) is 0 Å². The van der Waals surface area contributed by atoms with E-state index >= 15 is 0 Å². The van der Waals surface area contributed by atoms with Gasteiger partial charge in [-0.25, -0.2) is 9.97 Å². The summed E-state index contributed by atoms with van der Waals surface area (Å²) < 4.78 is 0. The highest BCUT2D eigenvalue weighted by Crippen LogP contribution is 2.17. The van der Waals surface area contributed by atoms with Crippen LogP contribution in [-0.4, -0.2) is 41.9 Å². The smallest absolute Gasteiger partial charge is 0.215 e. The van der Waals surface area contributed by atoms with Gasteiger partial charge in [0, 0.05) is 28.7 Å². The van der Waals surface area contributed by atoms with E-state index in [1.54, 1.807) is 24.4 Å². The molecular formula is C16H23N5O. The van der Waals surface area contributed by atoms with Crippen molar-refractivity contribution < 1.29 is 7.65 Å². The number of ketones is 1. The molecule has 6 nitrogen and oxygen atoms in total. The summed E-state index contributed by atoms with van der Waals surface area (Å²) >= 11 is 0. The Labute approximate surface area is 132 Å². The zero-order valence-corrected chi connectivity index (χ0v) is 12.3. The highest BCUT2D eigenvalue weighted by Gasteiger charge is 2.17. The fourth-order valence-electron chi connectivity index (χ4n) is 2.55. The molecule has 2 aromatic heterocycles. The molecule has 0 bridgehead atoms. The number of nitrogens with one attached hydrogen (secondary N) is 1. The molecule has 0 atom stereocenters. The van der Waals surface area contributed by atoms with Crippen LogP contribution in [0, 0.1) is 0 Å². The van der Waals surface area contributed by atoms with E-state index < -0.39 is 0 Å². The largest absolute Gasteiger partial charge is 0.383 e. The highest BCUT2D eigenvalue weighted by atomic mass is 16.1. The van der Waals surface area contributed by atoms with E-state index in [1.165, 1.54) is 0 Å². The van der Waals surface area contributed by atoms with Crippen molar-refractivity contribution in [3.8, 4) is 0 Å². The van der Waals surface area contributed by atoms with E-state index in [2.05, 4.69) is 20.2 Å². The Morgan fingerprint density at radius 1 is 1.23 bits per heavy atom. The minimum Gasteiger partial charge on any atom is -0.383 e. The molecule has 0 aromatic carbocycles. The van der Waals surface area contributed by atoms with Gasteiger partial charge in [-0.3, -0.25) is 4.79 Å². The number of pyridine rings is 2. The predicted molar refractivity (Wildman–Crippen MR) is 90.2 cm³/mol. The SMILES string of the molecule is Nc1ncccc1C(=O)c1cccc(N2CCCNCC2)n1.[HH].[HH]. The van der Waals surface area contributed by atoms with Crippen molar-refractivity contribution in [3.05, 3.63) is 47.8 Å². The molecule has 118 valence electrons. The van der Waals surface area contributed by atoms with Gasteiger partial charge in [0.15, 0.2) is 0 Å². The van der Waals surface area contributed by atoms with Crippen LogP contribution < -0.4 is 16.0 Å². The van der Waals surface area contributed by atoms with Gasteiger partial charge in [0.1, 0.15) is 17.3 Å². The van der Waals surface area contributed by atoms with Crippen LogP contribution in [0.3, 0.4) is 0 Å². The Morgan fingerprint density at radius 2 is 2.14 bits per heavy atom. The summed E-state index contributed by atoms with van der Waals surface area (Å²) in [5, 5.41) is 3.36. The topological polar surface area (TPSA) is 84.1 Å². The summed E-state index contributed by atoms with van der Waals surface area (Å²) in [5.74, 6) is 0.871. The molecule has 3 N–H and O–H groups in total. The van der Waals surface area contributed by atoms with Crippen LogP contribution in [0.4, 0.5) is 11.6 Å². The molecule has 6 heteroatoms. The maximum Gasteiger partial charge on any atom is 0.215 e. The average molecular weight is 301 g/mol. The van der Waals surface area contributed by atoms with Gasteiger partial charge < -0.3 is 16.0 Å². The van der Waals surface area contributed by atoms with Crippen LogP contribution in [0.25, 0.3) is 0 Å². The van der Waals surface area contributed by atoms with Crippen LogP contribution in [0.15, 0.2) is 36.5 Å². The molecule has 0 unspecified atom stereocenters. The molecule has 3 rings (SSSR count). The van der Waals surface area contributed by atoms with Crippen molar-refractivity contribution in [2.75, 3.05) is 36.8 Å². The number of anilines is 2.